The lowest BCUT2D eigenvalue weighted by Crippen LogP contribution is -2.23. The van der Waals surface area contributed by atoms with Crippen LogP contribution in [0.25, 0.3) is 0 Å². The summed E-state index contributed by atoms with van der Waals surface area (Å²) in [5.74, 6) is 1.02. The van der Waals surface area contributed by atoms with Gasteiger partial charge in [0.05, 0.1) is 5.69 Å². The van der Waals surface area contributed by atoms with Crippen molar-refractivity contribution < 1.29 is 0 Å². The summed E-state index contributed by atoms with van der Waals surface area (Å²) in [7, 11) is 2.05. The van der Waals surface area contributed by atoms with Gasteiger partial charge in [-0.2, -0.15) is 0 Å². The quantitative estimate of drug-likeness (QED) is 0.782. The fourth-order valence-electron chi connectivity index (χ4n) is 2.18. The van der Waals surface area contributed by atoms with E-state index < -0.39 is 0 Å². The summed E-state index contributed by atoms with van der Waals surface area (Å²) in [6, 6.07) is 0.643. The molecule has 0 aromatic carbocycles. The van der Waals surface area contributed by atoms with Crippen LogP contribution in [-0.4, -0.2) is 15.6 Å². The van der Waals surface area contributed by atoms with Crippen LogP contribution in [0.4, 0.5) is 5.95 Å². The molecule has 1 N–H and O–H groups in total. The Labute approximate surface area is 85.5 Å². The molecule has 0 radical (unpaired) electrons. The highest BCUT2D eigenvalue weighted by atomic mass is 15.2. The normalized spacial score (nSPS) is 18.4. The van der Waals surface area contributed by atoms with E-state index in [-0.39, 0.29) is 0 Å². The second-order valence-corrected chi connectivity index (χ2v) is 4.30. The molecule has 0 unspecified atom stereocenters. The molecule has 0 aliphatic heterocycles. The van der Waals surface area contributed by atoms with Crippen LogP contribution in [0.1, 0.15) is 37.8 Å². The molecule has 3 nitrogen and oxygen atoms in total. The monoisotopic (exact) mass is 193 g/mol. The molecular formula is C11H19N3. The molecule has 1 aromatic rings. The fourth-order valence-corrected chi connectivity index (χ4v) is 2.18. The standard InChI is InChI=1S/C11H19N3/c1-9-8-14(2)11(12-9)13-10-6-4-3-5-7-10/h8,10H,3-7H2,1-2H3,(H,12,13). The number of anilines is 1. The van der Waals surface area contributed by atoms with E-state index in [1.807, 2.05) is 14.0 Å². The lowest BCUT2D eigenvalue weighted by atomic mass is 9.96. The van der Waals surface area contributed by atoms with E-state index in [9.17, 15) is 0 Å². The second-order valence-electron chi connectivity index (χ2n) is 4.30. The van der Waals surface area contributed by atoms with Crippen molar-refractivity contribution in [1.29, 1.82) is 0 Å². The van der Waals surface area contributed by atoms with Gasteiger partial charge in [0, 0.05) is 19.3 Å². The fraction of sp³-hybridized carbons (Fsp3) is 0.727. The summed E-state index contributed by atoms with van der Waals surface area (Å²) in [4.78, 5) is 4.46. The molecule has 0 bridgehead atoms. The summed E-state index contributed by atoms with van der Waals surface area (Å²) < 4.78 is 2.07. The third-order valence-corrected chi connectivity index (χ3v) is 2.94. The molecular weight excluding hydrogens is 174 g/mol. The minimum atomic E-state index is 0.643. The van der Waals surface area contributed by atoms with Crippen molar-refractivity contribution in [3.8, 4) is 0 Å². The van der Waals surface area contributed by atoms with Gasteiger partial charge >= 0.3 is 0 Å². The number of hydrogen-bond acceptors (Lipinski definition) is 2. The third kappa shape index (κ3) is 2.08. The van der Waals surface area contributed by atoms with Crippen molar-refractivity contribution in [2.45, 2.75) is 45.1 Å². The Morgan fingerprint density at radius 2 is 2.07 bits per heavy atom. The Balaban J connectivity index is 1.98. The van der Waals surface area contributed by atoms with Gasteiger partial charge in [0.2, 0.25) is 5.95 Å². The summed E-state index contributed by atoms with van der Waals surface area (Å²) in [5, 5.41) is 3.52. The second kappa shape index (κ2) is 4.03. The number of imidazole rings is 1. The average molecular weight is 193 g/mol. The van der Waals surface area contributed by atoms with E-state index in [1.54, 1.807) is 0 Å². The summed E-state index contributed by atoms with van der Waals surface area (Å²) >= 11 is 0. The lowest BCUT2D eigenvalue weighted by Gasteiger charge is -2.23. The van der Waals surface area contributed by atoms with Crippen LogP contribution in [-0.2, 0) is 7.05 Å². The maximum absolute atomic E-state index is 4.46. The number of nitrogens with zero attached hydrogens (tertiary/aromatic N) is 2. The Morgan fingerprint density at radius 1 is 1.36 bits per heavy atom. The van der Waals surface area contributed by atoms with Gasteiger partial charge in [-0.3, -0.25) is 0 Å². The molecule has 0 saturated heterocycles. The van der Waals surface area contributed by atoms with Crippen molar-refractivity contribution in [3.05, 3.63) is 11.9 Å². The average Bonchev–Trinajstić information content (AvgIpc) is 2.47. The third-order valence-electron chi connectivity index (χ3n) is 2.94. The van der Waals surface area contributed by atoms with E-state index in [0.717, 1.165) is 11.6 Å². The topological polar surface area (TPSA) is 29.9 Å². The van der Waals surface area contributed by atoms with Crippen LogP contribution in [0.3, 0.4) is 0 Å². The van der Waals surface area contributed by atoms with Gasteiger partial charge in [0.15, 0.2) is 0 Å². The zero-order valence-electron chi connectivity index (χ0n) is 9.08. The van der Waals surface area contributed by atoms with Crippen molar-refractivity contribution >= 4 is 5.95 Å². The zero-order valence-corrected chi connectivity index (χ0v) is 9.08. The Morgan fingerprint density at radius 3 is 2.64 bits per heavy atom. The maximum atomic E-state index is 4.46. The molecule has 1 heterocycles. The Kier molecular flexibility index (Phi) is 2.75. The molecule has 1 fully saturated rings. The molecule has 14 heavy (non-hydrogen) atoms. The van der Waals surface area contributed by atoms with Gasteiger partial charge < -0.3 is 9.88 Å². The van der Waals surface area contributed by atoms with E-state index in [4.69, 9.17) is 0 Å². The van der Waals surface area contributed by atoms with Crippen molar-refractivity contribution in [1.82, 2.24) is 9.55 Å². The van der Waals surface area contributed by atoms with Crippen LogP contribution in [0, 0.1) is 6.92 Å². The number of nitrogens with one attached hydrogen (secondary N) is 1. The van der Waals surface area contributed by atoms with Gasteiger partial charge in [-0.05, 0) is 19.8 Å². The zero-order chi connectivity index (χ0) is 9.97. The Hall–Kier alpha value is -0.990. The summed E-state index contributed by atoms with van der Waals surface area (Å²) in [6.45, 7) is 2.03. The molecule has 0 amide bonds. The van der Waals surface area contributed by atoms with E-state index in [0.29, 0.717) is 6.04 Å². The van der Waals surface area contributed by atoms with Crippen LogP contribution in [0.2, 0.25) is 0 Å². The molecule has 1 aliphatic rings. The van der Waals surface area contributed by atoms with E-state index >= 15 is 0 Å². The highest BCUT2D eigenvalue weighted by molar-refractivity contribution is 5.29. The van der Waals surface area contributed by atoms with Crippen molar-refractivity contribution in [2.24, 2.45) is 7.05 Å². The molecule has 1 aromatic heterocycles. The minimum absolute atomic E-state index is 0.643. The summed E-state index contributed by atoms with van der Waals surface area (Å²) in [5.41, 5.74) is 1.09. The summed E-state index contributed by atoms with van der Waals surface area (Å²) in [6.07, 6.45) is 8.78. The molecule has 0 spiro atoms. The van der Waals surface area contributed by atoms with Crippen molar-refractivity contribution in [2.75, 3.05) is 5.32 Å². The van der Waals surface area contributed by atoms with Crippen molar-refractivity contribution in [3.63, 3.8) is 0 Å². The van der Waals surface area contributed by atoms with Crippen LogP contribution in [0.15, 0.2) is 6.20 Å². The van der Waals surface area contributed by atoms with E-state index in [2.05, 4.69) is 21.1 Å². The smallest absolute Gasteiger partial charge is 0.202 e. The van der Waals surface area contributed by atoms with Crippen LogP contribution < -0.4 is 5.32 Å². The number of aromatic nitrogens is 2. The van der Waals surface area contributed by atoms with Gasteiger partial charge in [0.25, 0.3) is 0 Å². The van der Waals surface area contributed by atoms with Crippen LogP contribution in [0.5, 0.6) is 0 Å². The largest absolute Gasteiger partial charge is 0.353 e. The first-order valence-electron chi connectivity index (χ1n) is 5.52. The molecule has 0 atom stereocenters. The predicted octanol–water partition coefficient (Wildman–Crippen LogP) is 2.47. The highest BCUT2D eigenvalue weighted by Gasteiger charge is 2.14. The van der Waals surface area contributed by atoms with Gasteiger partial charge in [-0.1, -0.05) is 19.3 Å². The van der Waals surface area contributed by atoms with E-state index in [1.165, 1.54) is 32.1 Å². The lowest BCUT2D eigenvalue weighted by molar-refractivity contribution is 0.460. The molecule has 1 aliphatic carbocycles. The van der Waals surface area contributed by atoms with Gasteiger partial charge in [-0.15, -0.1) is 0 Å². The predicted molar refractivity (Wildman–Crippen MR) is 58.4 cm³/mol. The van der Waals surface area contributed by atoms with Gasteiger partial charge in [-0.25, -0.2) is 4.98 Å². The first-order valence-corrected chi connectivity index (χ1v) is 5.52. The first kappa shape index (κ1) is 9.56. The first-order chi connectivity index (χ1) is 6.75. The molecule has 3 heteroatoms. The highest BCUT2D eigenvalue weighted by Crippen LogP contribution is 2.20. The number of hydrogen-bond donors (Lipinski definition) is 1. The SMILES string of the molecule is Cc1cn(C)c(NC2CCCCC2)n1. The number of rotatable bonds is 2. The molecule has 1 saturated carbocycles. The molecule has 2 rings (SSSR count). The number of aryl methyl sites for hydroxylation is 2. The van der Waals surface area contributed by atoms with Crippen LogP contribution >= 0.6 is 0 Å². The Bertz CT molecular complexity index is 297. The minimum Gasteiger partial charge on any atom is -0.353 e. The maximum Gasteiger partial charge on any atom is 0.202 e. The van der Waals surface area contributed by atoms with Gasteiger partial charge in [0.1, 0.15) is 0 Å². The molecule has 78 valence electrons.